The third kappa shape index (κ3) is 12.1. The van der Waals surface area contributed by atoms with Crippen molar-refractivity contribution in [1.82, 2.24) is 9.62 Å². The lowest BCUT2D eigenvalue weighted by molar-refractivity contribution is -0.124. The maximum atomic E-state index is 13.2. The lowest BCUT2D eigenvalue weighted by Gasteiger charge is -2.29. The molecule has 9 nitrogen and oxygen atoms in total. The number of amides is 1. The van der Waals surface area contributed by atoms with Crippen LogP contribution in [0.1, 0.15) is 53.0 Å². The van der Waals surface area contributed by atoms with Crippen molar-refractivity contribution in [3.05, 3.63) is 60.2 Å². The zero-order chi connectivity index (χ0) is 29.1. The van der Waals surface area contributed by atoms with E-state index >= 15 is 0 Å². The molecule has 1 N–H and O–H groups in total. The zero-order valence-electron chi connectivity index (χ0n) is 23.8. The molecule has 2 rings (SSSR count). The van der Waals surface area contributed by atoms with Crippen LogP contribution in [0.4, 0.5) is 4.79 Å². The van der Waals surface area contributed by atoms with E-state index in [9.17, 15) is 18.0 Å². The molecule has 0 heterocycles. The Labute approximate surface area is 232 Å². The fourth-order valence-corrected chi connectivity index (χ4v) is 4.70. The third-order valence-corrected chi connectivity index (χ3v) is 7.13. The van der Waals surface area contributed by atoms with Crippen molar-refractivity contribution in [1.29, 1.82) is 0 Å². The number of carbonyl (C=O) groups excluding carboxylic acids is 2. The third-order valence-electron chi connectivity index (χ3n) is 5.89. The van der Waals surface area contributed by atoms with Gasteiger partial charge in [0, 0.05) is 12.6 Å². The van der Waals surface area contributed by atoms with E-state index in [0.717, 1.165) is 16.9 Å². The maximum absolute atomic E-state index is 13.2. The summed E-state index contributed by atoms with van der Waals surface area (Å²) in [6, 6.07) is 16.5. The standard InChI is InChI=1S/C29H42N2O7S/c1-7-22(2)20-31(28(33)38-29(3,4)5)21-39(34,35)30-19-26(32)27(17-16-23-12-9-8-10-13-23)37-25-15-11-14-24(18-25)36-6/h8-15,18,22,27,30H,7,16-17,19-21H2,1-6H3. The van der Waals surface area contributed by atoms with Crippen molar-refractivity contribution in [2.75, 3.05) is 26.1 Å². The summed E-state index contributed by atoms with van der Waals surface area (Å²) in [7, 11) is -2.50. The number of ether oxygens (including phenoxy) is 3. The van der Waals surface area contributed by atoms with Crippen LogP contribution in [-0.2, 0) is 26.0 Å². The Hall–Kier alpha value is -3.11. The van der Waals surface area contributed by atoms with Crippen LogP contribution >= 0.6 is 0 Å². The highest BCUT2D eigenvalue weighted by molar-refractivity contribution is 7.89. The largest absolute Gasteiger partial charge is 0.497 e. The van der Waals surface area contributed by atoms with Gasteiger partial charge in [-0.15, -0.1) is 0 Å². The molecule has 0 fully saturated rings. The highest BCUT2D eigenvalue weighted by Gasteiger charge is 2.29. The Bertz CT molecular complexity index is 1160. The number of hydrogen-bond acceptors (Lipinski definition) is 7. The van der Waals surface area contributed by atoms with Crippen LogP contribution in [0.3, 0.4) is 0 Å². The van der Waals surface area contributed by atoms with E-state index in [1.165, 1.54) is 7.11 Å². The summed E-state index contributed by atoms with van der Waals surface area (Å²) < 4.78 is 44.9. The molecule has 0 spiro atoms. The van der Waals surface area contributed by atoms with Gasteiger partial charge in [-0.1, -0.05) is 56.7 Å². The predicted molar refractivity (Wildman–Crippen MR) is 151 cm³/mol. The molecule has 0 saturated heterocycles. The highest BCUT2D eigenvalue weighted by atomic mass is 32.2. The molecule has 0 saturated carbocycles. The van der Waals surface area contributed by atoms with Crippen LogP contribution < -0.4 is 14.2 Å². The molecule has 2 aromatic carbocycles. The number of methoxy groups -OCH3 is 1. The van der Waals surface area contributed by atoms with Gasteiger partial charge < -0.3 is 14.2 Å². The second-order valence-electron chi connectivity index (χ2n) is 10.6. The first kappa shape index (κ1) is 32.1. The van der Waals surface area contributed by atoms with E-state index < -0.39 is 46.0 Å². The van der Waals surface area contributed by atoms with Gasteiger partial charge >= 0.3 is 6.09 Å². The number of Topliss-reactive ketones (excluding diaryl/α,β-unsaturated/α-hetero) is 1. The SMILES string of the molecule is CCC(C)CN(CS(=O)(=O)NCC(=O)C(CCc1ccccc1)Oc1cccc(OC)c1)C(=O)OC(C)(C)C. The number of nitrogens with one attached hydrogen (secondary N) is 1. The van der Waals surface area contributed by atoms with Gasteiger partial charge in [-0.2, -0.15) is 0 Å². The van der Waals surface area contributed by atoms with Gasteiger partial charge in [0.2, 0.25) is 10.0 Å². The molecular formula is C29H42N2O7S. The van der Waals surface area contributed by atoms with E-state index in [2.05, 4.69) is 4.72 Å². The fraction of sp³-hybridized carbons (Fsp3) is 0.517. The Kier molecular flexibility index (Phi) is 12.3. The molecule has 2 atom stereocenters. The molecule has 39 heavy (non-hydrogen) atoms. The molecule has 0 aliphatic rings. The first-order valence-electron chi connectivity index (χ1n) is 13.1. The molecule has 0 radical (unpaired) electrons. The van der Waals surface area contributed by atoms with E-state index in [4.69, 9.17) is 14.2 Å². The summed E-state index contributed by atoms with van der Waals surface area (Å²) in [6.07, 6.45) is 0.0501. The smallest absolute Gasteiger partial charge is 0.411 e. The molecule has 10 heteroatoms. The van der Waals surface area contributed by atoms with Crippen LogP contribution in [0.2, 0.25) is 0 Å². The number of hydrogen-bond donors (Lipinski definition) is 1. The normalized spacial score (nSPS) is 13.3. The molecule has 0 aliphatic heterocycles. The van der Waals surface area contributed by atoms with Crippen LogP contribution in [-0.4, -0.2) is 63.0 Å². The summed E-state index contributed by atoms with van der Waals surface area (Å²) in [6.45, 7) is 8.77. The van der Waals surface area contributed by atoms with Gasteiger partial charge in [0.25, 0.3) is 0 Å². The zero-order valence-corrected chi connectivity index (χ0v) is 24.6. The fourth-order valence-electron chi connectivity index (χ4n) is 3.62. The number of ketones is 1. The second kappa shape index (κ2) is 14.9. The minimum atomic E-state index is -4.04. The average Bonchev–Trinajstić information content (AvgIpc) is 2.88. The quantitative estimate of drug-likeness (QED) is 0.332. The minimum absolute atomic E-state index is 0.0629. The first-order chi connectivity index (χ1) is 18.3. The van der Waals surface area contributed by atoms with Crippen molar-refractivity contribution in [2.45, 2.75) is 65.6 Å². The van der Waals surface area contributed by atoms with Gasteiger partial charge in [0.15, 0.2) is 11.9 Å². The van der Waals surface area contributed by atoms with Gasteiger partial charge in [-0.25, -0.2) is 17.9 Å². The number of benzene rings is 2. The summed E-state index contributed by atoms with van der Waals surface area (Å²) in [5.74, 6) is 0.0284. The Morgan fingerprint density at radius 1 is 1.03 bits per heavy atom. The number of aryl methyl sites for hydroxylation is 1. The number of carbonyl (C=O) groups is 2. The second-order valence-corrected chi connectivity index (χ2v) is 12.3. The van der Waals surface area contributed by atoms with E-state index in [-0.39, 0.29) is 12.5 Å². The molecule has 216 valence electrons. The van der Waals surface area contributed by atoms with Gasteiger partial charge in [-0.3, -0.25) is 9.69 Å². The number of sulfonamides is 1. The van der Waals surface area contributed by atoms with Crippen LogP contribution in [0, 0.1) is 5.92 Å². The first-order valence-corrected chi connectivity index (χ1v) is 14.8. The van der Waals surface area contributed by atoms with Crippen LogP contribution in [0.25, 0.3) is 0 Å². The summed E-state index contributed by atoms with van der Waals surface area (Å²) in [5, 5.41) is 0. The Morgan fingerprint density at radius 2 is 1.69 bits per heavy atom. The summed E-state index contributed by atoms with van der Waals surface area (Å²) >= 11 is 0. The predicted octanol–water partition coefficient (Wildman–Crippen LogP) is 4.80. The molecule has 2 aromatic rings. The van der Waals surface area contributed by atoms with Crippen molar-refractivity contribution >= 4 is 21.9 Å². The lowest BCUT2D eigenvalue weighted by atomic mass is 10.0. The Balaban J connectivity index is 2.13. The van der Waals surface area contributed by atoms with Gasteiger partial charge in [0.05, 0.1) is 13.7 Å². The van der Waals surface area contributed by atoms with Crippen LogP contribution in [0.15, 0.2) is 54.6 Å². The van der Waals surface area contributed by atoms with Crippen molar-refractivity contribution in [3.63, 3.8) is 0 Å². The molecule has 0 aromatic heterocycles. The Morgan fingerprint density at radius 3 is 2.31 bits per heavy atom. The minimum Gasteiger partial charge on any atom is -0.497 e. The lowest BCUT2D eigenvalue weighted by Crippen LogP contribution is -2.46. The molecule has 0 bridgehead atoms. The number of nitrogens with zero attached hydrogens (tertiary/aromatic N) is 1. The van der Waals surface area contributed by atoms with E-state index in [1.54, 1.807) is 45.0 Å². The van der Waals surface area contributed by atoms with Crippen LogP contribution in [0.5, 0.6) is 11.5 Å². The summed E-state index contributed by atoms with van der Waals surface area (Å²) in [4.78, 5) is 27.1. The van der Waals surface area contributed by atoms with Crippen molar-refractivity contribution < 1.29 is 32.2 Å². The van der Waals surface area contributed by atoms with Crippen molar-refractivity contribution in [2.24, 2.45) is 5.92 Å². The number of rotatable bonds is 15. The monoisotopic (exact) mass is 562 g/mol. The average molecular weight is 563 g/mol. The highest BCUT2D eigenvalue weighted by Crippen LogP contribution is 2.22. The molecule has 2 unspecified atom stereocenters. The summed E-state index contributed by atoms with van der Waals surface area (Å²) in [5.41, 5.74) is 0.254. The van der Waals surface area contributed by atoms with Gasteiger partial charge in [0.1, 0.15) is 23.0 Å². The molecular weight excluding hydrogens is 520 g/mol. The molecule has 0 aliphatic carbocycles. The maximum Gasteiger partial charge on any atom is 0.411 e. The van der Waals surface area contributed by atoms with Gasteiger partial charge in [-0.05, 0) is 57.2 Å². The topological polar surface area (TPSA) is 111 Å². The van der Waals surface area contributed by atoms with E-state index in [0.29, 0.717) is 24.3 Å². The van der Waals surface area contributed by atoms with Crippen molar-refractivity contribution in [3.8, 4) is 11.5 Å². The van der Waals surface area contributed by atoms with E-state index in [1.807, 2.05) is 44.2 Å². The molecule has 1 amide bonds.